The normalized spacial score (nSPS) is 16.5. The Balaban J connectivity index is 1.97. The smallest absolute Gasteiger partial charge is 0.335 e. The lowest BCUT2D eigenvalue weighted by Gasteiger charge is -2.21. The van der Waals surface area contributed by atoms with Gasteiger partial charge in [-0.1, -0.05) is 30.9 Å². The molecule has 1 heterocycles. The molecule has 2 rings (SSSR count). The van der Waals surface area contributed by atoms with Gasteiger partial charge < -0.3 is 9.84 Å². The minimum absolute atomic E-state index is 0.105. The Labute approximate surface area is 111 Å². The van der Waals surface area contributed by atoms with E-state index in [2.05, 4.69) is 4.98 Å². The average molecular weight is 270 g/mol. The van der Waals surface area contributed by atoms with Crippen molar-refractivity contribution in [3.05, 3.63) is 22.8 Å². The second kappa shape index (κ2) is 6.05. The Kier molecular flexibility index (Phi) is 4.42. The van der Waals surface area contributed by atoms with Crippen molar-refractivity contribution in [1.29, 1.82) is 0 Å². The van der Waals surface area contributed by atoms with Crippen LogP contribution in [0.2, 0.25) is 5.15 Å². The molecule has 0 atom stereocenters. The quantitative estimate of drug-likeness (QED) is 0.851. The topological polar surface area (TPSA) is 59.4 Å². The predicted octanol–water partition coefficient (Wildman–Crippen LogP) is 3.39. The van der Waals surface area contributed by atoms with Gasteiger partial charge in [-0.15, -0.1) is 0 Å². The van der Waals surface area contributed by atoms with E-state index in [9.17, 15) is 4.79 Å². The van der Waals surface area contributed by atoms with Gasteiger partial charge in [0, 0.05) is 6.07 Å². The van der Waals surface area contributed by atoms with E-state index in [1.54, 1.807) is 0 Å². The highest BCUT2D eigenvalue weighted by Crippen LogP contribution is 2.25. The second-order valence-corrected chi connectivity index (χ2v) is 5.02. The van der Waals surface area contributed by atoms with Crippen molar-refractivity contribution in [2.75, 3.05) is 6.61 Å². The van der Waals surface area contributed by atoms with E-state index >= 15 is 0 Å². The molecule has 0 aromatic carbocycles. The van der Waals surface area contributed by atoms with Crippen molar-refractivity contribution in [3.8, 4) is 5.88 Å². The monoisotopic (exact) mass is 269 g/mol. The van der Waals surface area contributed by atoms with Crippen LogP contribution in [0.15, 0.2) is 12.1 Å². The molecule has 1 fully saturated rings. The summed E-state index contributed by atoms with van der Waals surface area (Å²) in [5, 5.41) is 9.06. The van der Waals surface area contributed by atoms with E-state index in [-0.39, 0.29) is 10.7 Å². The molecule has 0 bridgehead atoms. The lowest BCUT2D eigenvalue weighted by atomic mass is 9.90. The highest BCUT2D eigenvalue weighted by atomic mass is 35.5. The van der Waals surface area contributed by atoms with Gasteiger partial charge in [-0.2, -0.15) is 0 Å². The summed E-state index contributed by atoms with van der Waals surface area (Å²) in [6, 6.07) is 2.73. The first kappa shape index (κ1) is 13.1. The van der Waals surface area contributed by atoms with Crippen molar-refractivity contribution < 1.29 is 14.6 Å². The molecule has 1 aliphatic carbocycles. The molecule has 0 radical (unpaired) electrons. The Morgan fingerprint density at radius 2 is 2.11 bits per heavy atom. The first-order valence-corrected chi connectivity index (χ1v) is 6.56. The first-order chi connectivity index (χ1) is 8.65. The van der Waals surface area contributed by atoms with Gasteiger partial charge in [0.1, 0.15) is 5.15 Å². The highest BCUT2D eigenvalue weighted by molar-refractivity contribution is 6.29. The van der Waals surface area contributed by atoms with E-state index in [1.165, 1.54) is 44.2 Å². The van der Waals surface area contributed by atoms with Crippen LogP contribution in [-0.2, 0) is 0 Å². The number of carboxylic acid groups (broad SMARTS) is 1. The predicted molar refractivity (Wildman–Crippen MR) is 68.3 cm³/mol. The summed E-state index contributed by atoms with van der Waals surface area (Å²) in [5.74, 6) is -0.180. The SMILES string of the molecule is O=C(O)c1cc(Cl)nc(OCC2CCCCC2)c1. The number of nitrogens with zero attached hydrogens (tertiary/aromatic N) is 1. The molecule has 1 aromatic rings. The van der Waals surface area contributed by atoms with Gasteiger partial charge in [-0.05, 0) is 24.8 Å². The molecule has 98 valence electrons. The lowest BCUT2D eigenvalue weighted by Crippen LogP contribution is -2.16. The number of hydrogen-bond donors (Lipinski definition) is 1. The number of halogens is 1. The second-order valence-electron chi connectivity index (χ2n) is 4.64. The summed E-state index contributed by atoms with van der Waals surface area (Å²) in [4.78, 5) is 14.8. The van der Waals surface area contributed by atoms with E-state index in [4.69, 9.17) is 21.4 Å². The minimum atomic E-state index is -1.03. The van der Waals surface area contributed by atoms with Crippen molar-refractivity contribution in [1.82, 2.24) is 4.98 Å². The van der Waals surface area contributed by atoms with Crippen molar-refractivity contribution in [3.63, 3.8) is 0 Å². The third-order valence-corrected chi connectivity index (χ3v) is 3.40. The zero-order valence-corrected chi connectivity index (χ0v) is 10.8. The van der Waals surface area contributed by atoms with E-state index in [0.29, 0.717) is 18.4 Å². The van der Waals surface area contributed by atoms with Crippen LogP contribution in [0.3, 0.4) is 0 Å². The van der Waals surface area contributed by atoms with Crippen LogP contribution < -0.4 is 4.74 Å². The summed E-state index contributed by atoms with van der Waals surface area (Å²) < 4.78 is 5.56. The fourth-order valence-electron chi connectivity index (χ4n) is 2.23. The molecule has 0 aliphatic heterocycles. The maximum atomic E-state index is 10.9. The van der Waals surface area contributed by atoms with E-state index < -0.39 is 5.97 Å². The maximum Gasteiger partial charge on any atom is 0.335 e. The summed E-state index contributed by atoms with van der Waals surface area (Å²) >= 11 is 5.76. The van der Waals surface area contributed by atoms with Crippen LogP contribution >= 0.6 is 11.6 Å². The molecule has 1 aromatic heterocycles. The van der Waals surface area contributed by atoms with Gasteiger partial charge in [-0.3, -0.25) is 0 Å². The fourth-order valence-corrected chi connectivity index (χ4v) is 2.43. The maximum absolute atomic E-state index is 10.9. The molecule has 0 spiro atoms. The number of ether oxygens (including phenoxy) is 1. The highest BCUT2D eigenvalue weighted by Gasteiger charge is 2.15. The molecule has 1 aliphatic rings. The van der Waals surface area contributed by atoms with Crippen LogP contribution in [0.5, 0.6) is 5.88 Å². The molecular weight excluding hydrogens is 254 g/mol. The molecule has 5 heteroatoms. The molecule has 0 amide bonds. The van der Waals surface area contributed by atoms with Crippen LogP contribution in [0, 0.1) is 5.92 Å². The van der Waals surface area contributed by atoms with Gasteiger partial charge in [0.15, 0.2) is 0 Å². The molecule has 1 saturated carbocycles. The Morgan fingerprint density at radius 3 is 2.78 bits per heavy atom. The van der Waals surface area contributed by atoms with Crippen LogP contribution in [0.4, 0.5) is 0 Å². The van der Waals surface area contributed by atoms with Crippen LogP contribution in [0.25, 0.3) is 0 Å². The van der Waals surface area contributed by atoms with Crippen molar-refractivity contribution in [2.45, 2.75) is 32.1 Å². The van der Waals surface area contributed by atoms with E-state index in [1.807, 2.05) is 0 Å². The van der Waals surface area contributed by atoms with Gasteiger partial charge in [0.05, 0.1) is 12.2 Å². The van der Waals surface area contributed by atoms with Crippen LogP contribution in [0.1, 0.15) is 42.5 Å². The Morgan fingerprint density at radius 1 is 1.39 bits per heavy atom. The number of hydrogen-bond acceptors (Lipinski definition) is 3. The van der Waals surface area contributed by atoms with Crippen LogP contribution in [-0.4, -0.2) is 22.7 Å². The largest absolute Gasteiger partial charge is 0.478 e. The summed E-state index contributed by atoms with van der Waals surface area (Å²) in [5.41, 5.74) is 0.105. The number of aromatic carboxylic acids is 1. The van der Waals surface area contributed by atoms with Gasteiger partial charge in [0.25, 0.3) is 0 Å². The van der Waals surface area contributed by atoms with E-state index in [0.717, 1.165) is 0 Å². The summed E-state index contributed by atoms with van der Waals surface area (Å²) in [6.07, 6.45) is 6.14. The van der Waals surface area contributed by atoms with Crippen molar-refractivity contribution in [2.24, 2.45) is 5.92 Å². The summed E-state index contributed by atoms with van der Waals surface area (Å²) in [6.45, 7) is 0.590. The lowest BCUT2D eigenvalue weighted by molar-refractivity contribution is 0.0696. The number of rotatable bonds is 4. The summed E-state index contributed by atoms with van der Waals surface area (Å²) in [7, 11) is 0. The molecule has 18 heavy (non-hydrogen) atoms. The molecule has 0 saturated heterocycles. The van der Waals surface area contributed by atoms with Gasteiger partial charge in [0.2, 0.25) is 5.88 Å². The number of carboxylic acids is 1. The average Bonchev–Trinajstić information content (AvgIpc) is 2.37. The fraction of sp³-hybridized carbons (Fsp3) is 0.538. The molecular formula is C13H16ClNO3. The molecule has 0 unspecified atom stereocenters. The Bertz CT molecular complexity index is 430. The minimum Gasteiger partial charge on any atom is -0.478 e. The number of carbonyl (C=O) groups is 1. The molecule has 4 nitrogen and oxygen atoms in total. The van der Waals surface area contributed by atoms with Gasteiger partial charge in [-0.25, -0.2) is 9.78 Å². The van der Waals surface area contributed by atoms with Crippen molar-refractivity contribution >= 4 is 17.6 Å². The zero-order valence-electron chi connectivity index (χ0n) is 10.1. The first-order valence-electron chi connectivity index (χ1n) is 6.19. The third-order valence-electron chi connectivity index (χ3n) is 3.21. The standard InChI is InChI=1S/C13H16ClNO3/c14-11-6-10(13(16)17)7-12(15-11)18-8-9-4-2-1-3-5-9/h6-7,9H,1-5,8H2,(H,16,17). The zero-order chi connectivity index (χ0) is 13.0. The number of pyridine rings is 1. The number of aromatic nitrogens is 1. The Hall–Kier alpha value is -1.29. The van der Waals surface area contributed by atoms with Gasteiger partial charge >= 0.3 is 5.97 Å². The molecule has 1 N–H and O–H groups in total. The third kappa shape index (κ3) is 3.60.